The van der Waals surface area contributed by atoms with E-state index in [0.717, 1.165) is 17.2 Å². The second-order valence-corrected chi connectivity index (χ2v) is 4.18. The average Bonchev–Trinajstić information content (AvgIpc) is 2.98. The zero-order valence-corrected chi connectivity index (χ0v) is 8.70. The third-order valence-electron chi connectivity index (χ3n) is 2.78. The summed E-state index contributed by atoms with van der Waals surface area (Å²) < 4.78 is 0. The molecule has 2 atom stereocenters. The van der Waals surface area contributed by atoms with Crippen molar-refractivity contribution in [2.24, 2.45) is 11.1 Å². The number of oxime groups is 1. The second-order valence-electron chi connectivity index (χ2n) is 3.74. The maximum Gasteiger partial charge on any atom is 0.0577 e. The molecule has 0 bridgehead atoms. The lowest BCUT2D eigenvalue weighted by atomic mass is 10.1. The maximum absolute atomic E-state index is 8.62. The summed E-state index contributed by atoms with van der Waals surface area (Å²) >= 11 is 5.80. The molecule has 0 aromatic heterocycles. The van der Waals surface area contributed by atoms with E-state index in [4.69, 9.17) is 16.8 Å². The highest BCUT2D eigenvalue weighted by atomic mass is 35.5. The molecule has 1 saturated carbocycles. The average molecular weight is 210 g/mol. The van der Waals surface area contributed by atoms with Crippen LogP contribution in [0, 0.1) is 5.92 Å². The summed E-state index contributed by atoms with van der Waals surface area (Å²) in [4.78, 5) is 0. The van der Waals surface area contributed by atoms with Crippen molar-refractivity contribution < 1.29 is 5.21 Å². The number of rotatable bonds is 2. The van der Waals surface area contributed by atoms with Crippen LogP contribution in [0.15, 0.2) is 29.4 Å². The lowest BCUT2D eigenvalue weighted by molar-refractivity contribution is 0.316. The van der Waals surface area contributed by atoms with Gasteiger partial charge in [-0.1, -0.05) is 28.9 Å². The molecule has 2 rings (SSSR count). The van der Waals surface area contributed by atoms with Gasteiger partial charge >= 0.3 is 0 Å². The van der Waals surface area contributed by atoms with Gasteiger partial charge in [0, 0.05) is 10.9 Å². The molecule has 1 fully saturated rings. The van der Waals surface area contributed by atoms with Gasteiger partial charge in [0.1, 0.15) is 0 Å². The Balaban J connectivity index is 2.10. The highest BCUT2D eigenvalue weighted by Gasteiger charge is 2.40. The Morgan fingerprint density at radius 1 is 1.43 bits per heavy atom. The second kappa shape index (κ2) is 3.62. The molecule has 74 valence electrons. The van der Waals surface area contributed by atoms with Gasteiger partial charge < -0.3 is 5.21 Å². The van der Waals surface area contributed by atoms with Gasteiger partial charge in [-0.3, -0.25) is 0 Å². The van der Waals surface area contributed by atoms with Crippen LogP contribution in [0.5, 0.6) is 0 Å². The zero-order valence-electron chi connectivity index (χ0n) is 7.94. The first-order valence-electron chi connectivity index (χ1n) is 4.66. The van der Waals surface area contributed by atoms with Gasteiger partial charge in [0.2, 0.25) is 0 Å². The number of halogens is 1. The Morgan fingerprint density at radius 2 is 2.07 bits per heavy atom. The Bertz CT molecular complexity index is 358. The van der Waals surface area contributed by atoms with Crippen LogP contribution in [0.1, 0.15) is 24.8 Å². The molecular weight excluding hydrogens is 198 g/mol. The van der Waals surface area contributed by atoms with Gasteiger partial charge in [-0.2, -0.15) is 0 Å². The molecule has 14 heavy (non-hydrogen) atoms. The monoisotopic (exact) mass is 209 g/mol. The van der Waals surface area contributed by atoms with Crippen LogP contribution in [-0.2, 0) is 0 Å². The van der Waals surface area contributed by atoms with Crippen molar-refractivity contribution in [3.63, 3.8) is 0 Å². The van der Waals surface area contributed by atoms with E-state index in [0.29, 0.717) is 11.8 Å². The molecule has 1 aromatic rings. The fourth-order valence-corrected chi connectivity index (χ4v) is 1.94. The first kappa shape index (κ1) is 9.53. The predicted molar refractivity (Wildman–Crippen MR) is 57.2 cm³/mol. The van der Waals surface area contributed by atoms with E-state index in [9.17, 15) is 0 Å². The van der Waals surface area contributed by atoms with Crippen LogP contribution in [-0.4, -0.2) is 10.9 Å². The highest BCUT2D eigenvalue weighted by Crippen LogP contribution is 2.48. The van der Waals surface area contributed by atoms with Crippen LogP contribution in [0.2, 0.25) is 5.02 Å². The molecule has 1 aromatic carbocycles. The molecule has 0 heterocycles. The van der Waals surface area contributed by atoms with E-state index in [1.54, 1.807) is 0 Å². The summed E-state index contributed by atoms with van der Waals surface area (Å²) in [6.07, 6.45) is 1.08. The predicted octanol–water partition coefficient (Wildman–Crippen LogP) is 3.29. The van der Waals surface area contributed by atoms with Crippen LogP contribution >= 0.6 is 11.6 Å². The summed E-state index contributed by atoms with van der Waals surface area (Å²) in [7, 11) is 0. The third-order valence-corrected chi connectivity index (χ3v) is 3.03. The molecule has 0 aliphatic heterocycles. The topological polar surface area (TPSA) is 32.6 Å². The number of benzene rings is 1. The third kappa shape index (κ3) is 1.75. The molecule has 2 unspecified atom stereocenters. The lowest BCUT2D eigenvalue weighted by Gasteiger charge is -1.99. The fourth-order valence-electron chi connectivity index (χ4n) is 1.81. The van der Waals surface area contributed by atoms with E-state index in [-0.39, 0.29) is 0 Å². The summed E-state index contributed by atoms with van der Waals surface area (Å²) in [5.41, 5.74) is 2.10. The van der Waals surface area contributed by atoms with Crippen LogP contribution in [0.4, 0.5) is 0 Å². The Labute approximate surface area is 88.2 Å². The van der Waals surface area contributed by atoms with Crippen molar-refractivity contribution in [3.8, 4) is 0 Å². The van der Waals surface area contributed by atoms with Gasteiger partial charge in [0.15, 0.2) is 0 Å². The molecular formula is C11H12ClNO. The molecule has 1 N–H and O–H groups in total. The Kier molecular flexibility index (Phi) is 2.46. The van der Waals surface area contributed by atoms with E-state index >= 15 is 0 Å². The van der Waals surface area contributed by atoms with E-state index in [2.05, 4.69) is 5.16 Å². The van der Waals surface area contributed by atoms with Crippen LogP contribution < -0.4 is 0 Å². The summed E-state index contributed by atoms with van der Waals surface area (Å²) in [5, 5.41) is 12.6. The van der Waals surface area contributed by atoms with Gasteiger partial charge in [0.05, 0.1) is 5.71 Å². The van der Waals surface area contributed by atoms with Crippen molar-refractivity contribution in [2.45, 2.75) is 19.3 Å². The molecule has 0 radical (unpaired) electrons. The lowest BCUT2D eigenvalue weighted by Crippen LogP contribution is -1.95. The van der Waals surface area contributed by atoms with Gasteiger partial charge in [0.25, 0.3) is 0 Å². The SMILES string of the molecule is C/C(=N/O)C1CC1c1ccc(Cl)cc1. The molecule has 1 aliphatic rings. The van der Waals surface area contributed by atoms with Gasteiger partial charge in [-0.25, -0.2) is 0 Å². The minimum atomic E-state index is 0.418. The molecule has 2 nitrogen and oxygen atoms in total. The molecule has 3 heteroatoms. The zero-order chi connectivity index (χ0) is 10.1. The van der Waals surface area contributed by atoms with Crippen molar-refractivity contribution in [2.75, 3.05) is 0 Å². The minimum absolute atomic E-state index is 0.418. The number of nitrogens with zero attached hydrogens (tertiary/aromatic N) is 1. The van der Waals surface area contributed by atoms with Crippen molar-refractivity contribution in [3.05, 3.63) is 34.9 Å². The number of hydrogen-bond donors (Lipinski definition) is 1. The van der Waals surface area contributed by atoms with Gasteiger partial charge in [-0.15, -0.1) is 0 Å². The maximum atomic E-state index is 8.62. The van der Waals surface area contributed by atoms with Crippen molar-refractivity contribution >= 4 is 17.3 Å². The van der Waals surface area contributed by atoms with E-state index < -0.39 is 0 Å². The molecule has 0 amide bonds. The van der Waals surface area contributed by atoms with Crippen molar-refractivity contribution in [1.82, 2.24) is 0 Å². The largest absolute Gasteiger partial charge is 0.411 e. The van der Waals surface area contributed by atoms with Crippen molar-refractivity contribution in [1.29, 1.82) is 0 Å². The highest BCUT2D eigenvalue weighted by molar-refractivity contribution is 6.30. The van der Waals surface area contributed by atoms with E-state index in [1.165, 1.54) is 5.56 Å². The summed E-state index contributed by atoms with van der Waals surface area (Å²) in [6, 6.07) is 7.88. The molecule has 1 aliphatic carbocycles. The summed E-state index contributed by atoms with van der Waals surface area (Å²) in [6.45, 7) is 1.86. The quantitative estimate of drug-likeness (QED) is 0.453. The molecule has 0 spiro atoms. The minimum Gasteiger partial charge on any atom is -0.411 e. The smallest absolute Gasteiger partial charge is 0.0577 e. The van der Waals surface area contributed by atoms with E-state index in [1.807, 2.05) is 31.2 Å². The summed E-state index contributed by atoms with van der Waals surface area (Å²) in [5.74, 6) is 0.935. The molecule has 0 saturated heterocycles. The first-order chi connectivity index (χ1) is 6.72. The first-order valence-corrected chi connectivity index (χ1v) is 5.04. The normalized spacial score (nSPS) is 26.3. The van der Waals surface area contributed by atoms with Gasteiger partial charge in [-0.05, 0) is 37.0 Å². The Morgan fingerprint density at radius 3 is 2.64 bits per heavy atom. The van der Waals surface area contributed by atoms with Crippen LogP contribution in [0.3, 0.4) is 0 Å². The number of hydrogen-bond acceptors (Lipinski definition) is 2. The fraction of sp³-hybridized carbons (Fsp3) is 0.364. The Hall–Kier alpha value is -1.02. The van der Waals surface area contributed by atoms with Crippen LogP contribution in [0.25, 0.3) is 0 Å². The standard InChI is InChI=1S/C11H12ClNO/c1-7(13-14)10-6-11(10)8-2-4-9(12)5-3-8/h2-5,10-11,14H,6H2,1H3/b13-7-.